The number of nitrogens with two attached hydrogens (primary N) is 1. The van der Waals surface area contributed by atoms with Crippen molar-refractivity contribution in [1.82, 2.24) is 4.90 Å². The van der Waals surface area contributed by atoms with Crippen LogP contribution in [-0.4, -0.2) is 68.2 Å². The Bertz CT molecular complexity index is 1440. The summed E-state index contributed by atoms with van der Waals surface area (Å²) in [5, 5.41) is 8.84. The van der Waals surface area contributed by atoms with E-state index in [1.54, 1.807) is 24.0 Å². The fourth-order valence-corrected chi connectivity index (χ4v) is 5.40. The Morgan fingerprint density at radius 1 is 1.12 bits per heavy atom. The Hall–Kier alpha value is -4.41. The van der Waals surface area contributed by atoms with E-state index in [1.807, 2.05) is 20.8 Å². The van der Waals surface area contributed by atoms with Crippen molar-refractivity contribution < 1.29 is 33.4 Å². The molecule has 0 spiro atoms. The molecule has 0 radical (unpaired) electrons. The molecule has 1 fully saturated rings. The monoisotopic (exact) mass is 564 g/mol. The molecular formula is C30H36N4O7. The molecule has 2 aliphatic rings. The molecular weight excluding hydrogens is 528 g/mol. The van der Waals surface area contributed by atoms with E-state index in [2.05, 4.69) is 0 Å². The zero-order chi connectivity index (χ0) is 30.2. The smallest absolute Gasteiger partial charge is 0.341 e. The number of hydrogen-bond donors (Lipinski definition) is 2. The lowest BCUT2D eigenvalue weighted by Crippen LogP contribution is -2.39. The number of Topliss-reactive ketones (excluding diaryl/α,β-unsaturated/α-hetero) is 1. The van der Waals surface area contributed by atoms with Gasteiger partial charge in [-0.3, -0.25) is 19.8 Å². The molecule has 218 valence electrons. The van der Waals surface area contributed by atoms with Gasteiger partial charge < -0.3 is 29.7 Å². The lowest BCUT2D eigenvalue weighted by Gasteiger charge is -2.29. The number of fused-ring (bicyclic) bond motifs is 1. The van der Waals surface area contributed by atoms with Crippen molar-refractivity contribution in [3.63, 3.8) is 0 Å². The second kappa shape index (κ2) is 11.2. The standard InChI is InChI=1S/C30H36N4O7/c1-7-41-23-14-17-18(13-19(23)29(38)40-6)27(31)34(25(17)28(32)37)15-22(35)16-11-20(30(2,3)4)26(39-5)21(12-16)33-10-8-9-24(33)36/h11-14,25,31H,7-10,15H2,1-6H3,(H2,32,37). The minimum absolute atomic E-state index is 0.0511. The van der Waals surface area contributed by atoms with Gasteiger partial charge >= 0.3 is 5.97 Å². The van der Waals surface area contributed by atoms with E-state index in [4.69, 9.17) is 25.4 Å². The van der Waals surface area contributed by atoms with Gasteiger partial charge in [0.15, 0.2) is 5.78 Å². The SMILES string of the molecule is CCOc1cc2c(cc1C(=O)OC)C(=N)N(CC(=O)c1cc(N3CCCC3=O)c(OC)c(C(C)(C)C)c1)C2C(N)=O. The molecule has 2 aliphatic heterocycles. The quantitative estimate of drug-likeness (QED) is 0.347. The summed E-state index contributed by atoms with van der Waals surface area (Å²) in [6.07, 6.45) is 1.11. The zero-order valence-electron chi connectivity index (χ0n) is 24.3. The van der Waals surface area contributed by atoms with E-state index in [-0.39, 0.29) is 47.6 Å². The summed E-state index contributed by atoms with van der Waals surface area (Å²) in [6.45, 7) is 8.12. The fourth-order valence-electron chi connectivity index (χ4n) is 5.40. The first-order valence-corrected chi connectivity index (χ1v) is 13.4. The van der Waals surface area contributed by atoms with Crippen LogP contribution >= 0.6 is 0 Å². The predicted molar refractivity (Wildman–Crippen MR) is 152 cm³/mol. The highest BCUT2D eigenvalue weighted by molar-refractivity contribution is 6.11. The molecule has 0 aromatic heterocycles. The van der Waals surface area contributed by atoms with Crippen molar-refractivity contribution in [3.8, 4) is 11.5 Å². The molecule has 2 amide bonds. The Labute approximate surface area is 239 Å². The number of benzene rings is 2. The summed E-state index contributed by atoms with van der Waals surface area (Å²) < 4.78 is 16.2. The molecule has 41 heavy (non-hydrogen) atoms. The van der Waals surface area contributed by atoms with E-state index < -0.39 is 23.3 Å². The summed E-state index contributed by atoms with van der Waals surface area (Å²) in [5.74, 6) is -1.27. The minimum atomic E-state index is -1.13. The molecule has 11 nitrogen and oxygen atoms in total. The maximum atomic E-state index is 13.9. The van der Waals surface area contributed by atoms with Crippen LogP contribution in [0.5, 0.6) is 11.5 Å². The highest BCUT2D eigenvalue weighted by Gasteiger charge is 2.41. The van der Waals surface area contributed by atoms with Crippen molar-refractivity contribution in [3.05, 3.63) is 52.1 Å². The Kier molecular flexibility index (Phi) is 8.10. The second-order valence-corrected chi connectivity index (χ2v) is 11.0. The Morgan fingerprint density at radius 2 is 1.83 bits per heavy atom. The summed E-state index contributed by atoms with van der Waals surface area (Å²) in [6, 6.07) is 5.17. The third-order valence-corrected chi connectivity index (χ3v) is 7.36. The van der Waals surface area contributed by atoms with Crippen molar-refractivity contribution in [2.75, 3.05) is 38.8 Å². The molecule has 1 saturated heterocycles. The van der Waals surface area contributed by atoms with Gasteiger partial charge in [0.25, 0.3) is 0 Å². The lowest BCUT2D eigenvalue weighted by atomic mass is 9.84. The number of rotatable bonds is 9. The molecule has 2 aromatic rings. The number of carbonyl (C=O) groups is 4. The first kappa shape index (κ1) is 29.6. The van der Waals surface area contributed by atoms with Crippen molar-refractivity contribution >= 4 is 35.1 Å². The first-order valence-electron chi connectivity index (χ1n) is 13.4. The van der Waals surface area contributed by atoms with Crippen molar-refractivity contribution in [2.24, 2.45) is 5.73 Å². The third kappa shape index (κ3) is 5.36. The highest BCUT2D eigenvalue weighted by Crippen LogP contribution is 2.42. The number of hydrogen-bond acceptors (Lipinski definition) is 8. The fraction of sp³-hybridized carbons (Fsp3) is 0.433. The summed E-state index contributed by atoms with van der Waals surface area (Å²) >= 11 is 0. The number of ketones is 1. The maximum absolute atomic E-state index is 13.9. The van der Waals surface area contributed by atoms with Gasteiger partial charge in [-0.05, 0) is 48.6 Å². The molecule has 1 atom stereocenters. The largest absolute Gasteiger partial charge is 0.494 e. The number of nitrogens with one attached hydrogen (secondary N) is 1. The van der Waals surface area contributed by atoms with Gasteiger partial charge in [-0.2, -0.15) is 0 Å². The molecule has 2 heterocycles. The summed E-state index contributed by atoms with van der Waals surface area (Å²) in [5.41, 5.74) is 7.67. The van der Waals surface area contributed by atoms with Gasteiger partial charge in [-0.25, -0.2) is 4.79 Å². The van der Waals surface area contributed by atoms with Gasteiger partial charge in [0.2, 0.25) is 11.8 Å². The van der Waals surface area contributed by atoms with Crippen LogP contribution in [0.4, 0.5) is 5.69 Å². The van der Waals surface area contributed by atoms with Crippen molar-refractivity contribution in [1.29, 1.82) is 5.41 Å². The van der Waals surface area contributed by atoms with Crippen LogP contribution in [0.25, 0.3) is 0 Å². The normalized spacial score (nSPS) is 16.6. The number of esters is 1. The topological polar surface area (TPSA) is 152 Å². The minimum Gasteiger partial charge on any atom is -0.494 e. The van der Waals surface area contributed by atoms with Crippen molar-refractivity contribution in [2.45, 2.75) is 52.0 Å². The average molecular weight is 565 g/mol. The number of anilines is 1. The van der Waals surface area contributed by atoms with Gasteiger partial charge in [-0.15, -0.1) is 0 Å². The van der Waals surface area contributed by atoms with E-state index in [9.17, 15) is 19.2 Å². The van der Waals surface area contributed by atoms with Crippen LogP contribution in [0, 0.1) is 5.41 Å². The van der Waals surface area contributed by atoms with Crippen LogP contribution in [-0.2, 0) is 19.7 Å². The third-order valence-electron chi connectivity index (χ3n) is 7.36. The van der Waals surface area contributed by atoms with Gasteiger partial charge in [0, 0.05) is 29.7 Å². The molecule has 3 N–H and O–H groups in total. The van der Waals surface area contributed by atoms with E-state index in [0.717, 1.165) is 5.56 Å². The number of methoxy groups -OCH3 is 2. The number of nitrogens with zero attached hydrogens (tertiary/aromatic N) is 2. The first-order chi connectivity index (χ1) is 19.3. The molecule has 1 unspecified atom stereocenters. The number of primary amides is 1. The predicted octanol–water partition coefficient (Wildman–Crippen LogP) is 3.36. The Morgan fingerprint density at radius 3 is 2.37 bits per heavy atom. The summed E-state index contributed by atoms with van der Waals surface area (Å²) in [4.78, 5) is 54.6. The Balaban J connectivity index is 1.78. The average Bonchev–Trinajstić information content (AvgIpc) is 3.46. The number of ether oxygens (including phenoxy) is 3. The van der Waals surface area contributed by atoms with E-state index in [0.29, 0.717) is 42.0 Å². The van der Waals surface area contributed by atoms with Crippen LogP contribution in [0.2, 0.25) is 0 Å². The van der Waals surface area contributed by atoms with Gasteiger partial charge in [0.05, 0.1) is 33.1 Å². The number of amidine groups is 1. The van der Waals surface area contributed by atoms with Crippen LogP contribution < -0.4 is 20.1 Å². The lowest BCUT2D eigenvalue weighted by molar-refractivity contribution is -0.121. The molecule has 2 aromatic carbocycles. The van der Waals surface area contributed by atoms with E-state index >= 15 is 0 Å². The van der Waals surface area contributed by atoms with Crippen LogP contribution in [0.3, 0.4) is 0 Å². The molecule has 0 aliphatic carbocycles. The molecule has 0 saturated carbocycles. The van der Waals surface area contributed by atoms with Crippen LogP contribution in [0.1, 0.15) is 84.0 Å². The van der Waals surface area contributed by atoms with Gasteiger partial charge in [-0.1, -0.05) is 20.8 Å². The molecule has 4 rings (SSSR count). The van der Waals surface area contributed by atoms with Crippen LogP contribution in [0.15, 0.2) is 24.3 Å². The zero-order valence-corrected chi connectivity index (χ0v) is 24.3. The number of amides is 2. The molecule has 0 bridgehead atoms. The maximum Gasteiger partial charge on any atom is 0.341 e. The molecule has 11 heteroatoms. The summed E-state index contributed by atoms with van der Waals surface area (Å²) in [7, 11) is 2.77. The van der Waals surface area contributed by atoms with E-state index in [1.165, 1.54) is 31.3 Å². The number of carbonyl (C=O) groups excluding carboxylic acids is 4. The van der Waals surface area contributed by atoms with Gasteiger partial charge in [0.1, 0.15) is 28.9 Å². The highest BCUT2D eigenvalue weighted by atomic mass is 16.5. The second-order valence-electron chi connectivity index (χ2n) is 11.0.